The molecule has 0 aromatic heterocycles. The third-order valence-electron chi connectivity index (χ3n) is 6.46. The Hall–Kier alpha value is -2.12. The summed E-state index contributed by atoms with van der Waals surface area (Å²) in [7, 11) is 5.52. The van der Waals surface area contributed by atoms with Crippen LogP contribution in [0.1, 0.15) is 43.7 Å². The van der Waals surface area contributed by atoms with Crippen LogP contribution < -0.4 is 10.6 Å². The van der Waals surface area contributed by atoms with E-state index in [1.54, 1.807) is 4.90 Å². The van der Waals surface area contributed by atoms with Gasteiger partial charge in [0.05, 0.1) is 12.1 Å². The lowest BCUT2D eigenvalue weighted by Crippen LogP contribution is -2.45. The van der Waals surface area contributed by atoms with E-state index in [2.05, 4.69) is 55.8 Å². The van der Waals surface area contributed by atoms with E-state index in [-0.39, 0.29) is 11.9 Å². The number of benzene rings is 1. The summed E-state index contributed by atoms with van der Waals surface area (Å²) in [4.78, 5) is 23.4. The average Bonchev–Trinajstić information content (AvgIpc) is 3.48. The van der Waals surface area contributed by atoms with Gasteiger partial charge >= 0.3 is 0 Å². The predicted octanol–water partition coefficient (Wildman–Crippen LogP) is 1.93. The molecule has 2 heterocycles. The molecule has 0 spiro atoms. The first-order chi connectivity index (χ1) is 15.1. The van der Waals surface area contributed by atoms with Gasteiger partial charge in [-0.3, -0.25) is 19.6 Å². The lowest BCUT2D eigenvalue weighted by atomic mass is 10.1. The molecule has 7 nitrogen and oxygen atoms in total. The van der Waals surface area contributed by atoms with Gasteiger partial charge in [-0.15, -0.1) is 0 Å². The summed E-state index contributed by atoms with van der Waals surface area (Å²) in [5, 5.41) is 6.99. The molecule has 2 aliphatic rings. The molecule has 0 aliphatic carbocycles. The van der Waals surface area contributed by atoms with E-state index >= 15 is 0 Å². The predicted molar refractivity (Wildman–Crippen MR) is 127 cm³/mol. The fourth-order valence-corrected chi connectivity index (χ4v) is 4.76. The number of guanidine groups is 1. The molecule has 2 fully saturated rings. The van der Waals surface area contributed by atoms with Gasteiger partial charge in [0.15, 0.2) is 5.96 Å². The highest BCUT2D eigenvalue weighted by Gasteiger charge is 2.31. The molecule has 31 heavy (non-hydrogen) atoms. The second kappa shape index (κ2) is 12.1. The number of hydrogen-bond donors (Lipinski definition) is 2. The van der Waals surface area contributed by atoms with Crippen LogP contribution in [0, 0.1) is 0 Å². The average molecular weight is 429 g/mol. The van der Waals surface area contributed by atoms with Gasteiger partial charge in [-0.05, 0) is 57.3 Å². The fraction of sp³-hybridized carbons (Fsp3) is 0.667. The minimum Gasteiger partial charge on any atom is -0.356 e. The normalized spacial score (nSPS) is 21.3. The molecule has 0 saturated carbocycles. The minimum absolute atomic E-state index is 0.0551. The second-order valence-corrected chi connectivity index (χ2v) is 8.83. The largest absolute Gasteiger partial charge is 0.356 e. The molecular weight excluding hydrogens is 388 g/mol. The molecule has 7 heteroatoms. The molecule has 1 aromatic carbocycles. The van der Waals surface area contributed by atoms with Crippen LogP contribution in [0.3, 0.4) is 0 Å². The number of likely N-dealkylation sites (tertiary alicyclic amines) is 2. The van der Waals surface area contributed by atoms with Gasteiger partial charge in [0.1, 0.15) is 0 Å². The van der Waals surface area contributed by atoms with E-state index in [4.69, 9.17) is 0 Å². The second-order valence-electron chi connectivity index (χ2n) is 8.83. The number of nitrogens with one attached hydrogen (secondary N) is 2. The molecule has 3 rings (SSSR count). The van der Waals surface area contributed by atoms with E-state index in [1.807, 2.05) is 21.1 Å². The molecule has 2 atom stereocenters. The molecule has 2 N–H and O–H groups in total. The first kappa shape index (κ1) is 23.5. The molecule has 2 saturated heterocycles. The van der Waals surface area contributed by atoms with Gasteiger partial charge in [0, 0.05) is 40.8 Å². The zero-order chi connectivity index (χ0) is 22.1. The zero-order valence-corrected chi connectivity index (χ0v) is 19.5. The van der Waals surface area contributed by atoms with Gasteiger partial charge in [-0.2, -0.15) is 0 Å². The Labute approximate surface area is 187 Å². The molecule has 172 valence electrons. The van der Waals surface area contributed by atoms with Crippen molar-refractivity contribution in [1.82, 2.24) is 25.3 Å². The minimum atomic E-state index is 0.0551. The number of amides is 1. The van der Waals surface area contributed by atoms with Crippen molar-refractivity contribution >= 4 is 11.9 Å². The number of likely N-dealkylation sites (N-methyl/N-ethyl adjacent to an activating group) is 1. The summed E-state index contributed by atoms with van der Waals surface area (Å²) < 4.78 is 0. The van der Waals surface area contributed by atoms with E-state index in [0.29, 0.717) is 6.04 Å². The van der Waals surface area contributed by atoms with Crippen LogP contribution in [0.25, 0.3) is 0 Å². The number of carbonyl (C=O) groups is 1. The Kier molecular flexibility index (Phi) is 9.15. The lowest BCUT2D eigenvalue weighted by molar-refractivity contribution is -0.133. The van der Waals surface area contributed by atoms with Crippen LogP contribution in [0.2, 0.25) is 0 Å². The molecule has 2 aliphatic heterocycles. The number of nitrogens with zero attached hydrogens (tertiary/aromatic N) is 4. The maximum absolute atomic E-state index is 12.4. The lowest BCUT2D eigenvalue weighted by Gasteiger charge is -2.29. The van der Waals surface area contributed by atoms with E-state index < -0.39 is 0 Å². The molecule has 1 amide bonds. The standard InChI is InChI=1S/C24H40N6O/c1-25-24(26-14-10-18-29-17-9-13-21(29)23(31)28(2)3)27-19-22(30-15-7-8-16-30)20-11-5-4-6-12-20/h4-6,11-12,21-22H,7-10,13-19H2,1-3H3,(H2,25,26,27). The zero-order valence-electron chi connectivity index (χ0n) is 19.5. The third-order valence-corrected chi connectivity index (χ3v) is 6.46. The first-order valence-electron chi connectivity index (χ1n) is 11.8. The first-order valence-corrected chi connectivity index (χ1v) is 11.8. The van der Waals surface area contributed by atoms with Crippen LogP contribution in [-0.2, 0) is 4.79 Å². The monoisotopic (exact) mass is 428 g/mol. The van der Waals surface area contributed by atoms with Crippen molar-refractivity contribution in [3.8, 4) is 0 Å². The number of rotatable bonds is 9. The van der Waals surface area contributed by atoms with Crippen LogP contribution in [0.4, 0.5) is 0 Å². The van der Waals surface area contributed by atoms with E-state index in [1.165, 1.54) is 18.4 Å². The maximum Gasteiger partial charge on any atom is 0.239 e. The SMILES string of the molecule is CN=C(NCCCN1CCCC1C(=O)N(C)C)NCC(c1ccccc1)N1CCCC1. The van der Waals surface area contributed by atoms with Crippen LogP contribution >= 0.6 is 0 Å². The highest BCUT2D eigenvalue weighted by atomic mass is 16.2. The van der Waals surface area contributed by atoms with Gasteiger partial charge < -0.3 is 15.5 Å². The Bertz CT molecular complexity index is 701. The fourth-order valence-electron chi connectivity index (χ4n) is 4.76. The Morgan fingerprint density at radius 2 is 1.87 bits per heavy atom. The van der Waals surface area contributed by atoms with E-state index in [9.17, 15) is 4.79 Å². The molecular formula is C24H40N6O. The van der Waals surface area contributed by atoms with Crippen molar-refractivity contribution in [2.24, 2.45) is 4.99 Å². The quantitative estimate of drug-likeness (QED) is 0.358. The summed E-state index contributed by atoms with van der Waals surface area (Å²) in [6.07, 6.45) is 5.64. The van der Waals surface area contributed by atoms with Crippen molar-refractivity contribution in [3.63, 3.8) is 0 Å². The van der Waals surface area contributed by atoms with Crippen LogP contribution in [0.15, 0.2) is 35.3 Å². The summed E-state index contributed by atoms with van der Waals surface area (Å²) in [5.74, 6) is 1.08. The number of aliphatic imine (C=N–C) groups is 1. The molecule has 0 radical (unpaired) electrons. The van der Waals surface area contributed by atoms with Crippen molar-refractivity contribution in [2.75, 3.05) is 60.4 Å². The summed E-state index contributed by atoms with van der Waals surface area (Å²) >= 11 is 0. The Balaban J connectivity index is 1.44. The molecule has 2 unspecified atom stereocenters. The van der Waals surface area contributed by atoms with Crippen LogP contribution in [0.5, 0.6) is 0 Å². The third kappa shape index (κ3) is 6.68. The summed E-state index contributed by atoms with van der Waals surface area (Å²) in [5.41, 5.74) is 1.36. The molecule has 1 aromatic rings. The van der Waals surface area contributed by atoms with Crippen molar-refractivity contribution in [3.05, 3.63) is 35.9 Å². The van der Waals surface area contributed by atoms with Crippen LogP contribution in [-0.4, -0.2) is 93.0 Å². The summed E-state index contributed by atoms with van der Waals surface area (Å²) in [6, 6.07) is 11.2. The van der Waals surface area contributed by atoms with Gasteiger partial charge in [-0.25, -0.2) is 0 Å². The Morgan fingerprint density at radius 3 is 2.55 bits per heavy atom. The van der Waals surface area contributed by atoms with Crippen molar-refractivity contribution in [1.29, 1.82) is 0 Å². The van der Waals surface area contributed by atoms with E-state index in [0.717, 1.165) is 64.5 Å². The number of hydrogen-bond acceptors (Lipinski definition) is 4. The highest BCUT2D eigenvalue weighted by Crippen LogP contribution is 2.24. The Morgan fingerprint density at radius 1 is 1.13 bits per heavy atom. The topological polar surface area (TPSA) is 63.2 Å². The van der Waals surface area contributed by atoms with Gasteiger partial charge in [0.25, 0.3) is 0 Å². The maximum atomic E-state index is 12.4. The van der Waals surface area contributed by atoms with Crippen molar-refractivity contribution < 1.29 is 4.79 Å². The van der Waals surface area contributed by atoms with Gasteiger partial charge in [0.2, 0.25) is 5.91 Å². The molecule has 0 bridgehead atoms. The van der Waals surface area contributed by atoms with Crippen molar-refractivity contribution in [2.45, 2.75) is 44.2 Å². The van der Waals surface area contributed by atoms with Gasteiger partial charge in [-0.1, -0.05) is 30.3 Å². The summed E-state index contributed by atoms with van der Waals surface area (Å²) in [6.45, 7) is 5.97. The number of carbonyl (C=O) groups excluding carboxylic acids is 1. The smallest absolute Gasteiger partial charge is 0.239 e. The highest BCUT2D eigenvalue weighted by molar-refractivity contribution is 5.81.